The van der Waals surface area contributed by atoms with Gasteiger partial charge in [0.2, 0.25) is 0 Å². The van der Waals surface area contributed by atoms with Gasteiger partial charge < -0.3 is 19.5 Å². The number of hydrogen-bond donors (Lipinski definition) is 1. The van der Waals surface area contributed by atoms with Gasteiger partial charge in [-0.05, 0) is 20.0 Å². The van der Waals surface area contributed by atoms with E-state index in [0.717, 1.165) is 5.56 Å². The van der Waals surface area contributed by atoms with Crippen molar-refractivity contribution in [2.75, 3.05) is 27.6 Å². The summed E-state index contributed by atoms with van der Waals surface area (Å²) in [5, 5.41) is 3.03. The van der Waals surface area contributed by atoms with Gasteiger partial charge >= 0.3 is 6.18 Å². The molecule has 1 atom stereocenters. The summed E-state index contributed by atoms with van der Waals surface area (Å²) >= 11 is 0. The van der Waals surface area contributed by atoms with E-state index >= 15 is 0 Å². The largest absolute Gasteiger partial charge is 0.497 e. The normalized spacial score (nSPS) is 13.1. The highest BCUT2D eigenvalue weighted by Crippen LogP contribution is 2.29. The van der Waals surface area contributed by atoms with E-state index in [2.05, 4.69) is 10.1 Å². The smallest absolute Gasteiger partial charge is 0.411 e. The highest BCUT2D eigenvalue weighted by Gasteiger charge is 2.27. The van der Waals surface area contributed by atoms with Gasteiger partial charge in [-0.3, -0.25) is 0 Å². The maximum atomic E-state index is 12.0. The lowest BCUT2D eigenvalue weighted by Crippen LogP contribution is -2.20. The third-order valence-corrected chi connectivity index (χ3v) is 2.68. The fraction of sp³-hybridized carbons (Fsp3) is 0.538. The van der Waals surface area contributed by atoms with Gasteiger partial charge in [-0.1, -0.05) is 6.07 Å². The van der Waals surface area contributed by atoms with E-state index in [1.54, 1.807) is 25.2 Å². The fourth-order valence-corrected chi connectivity index (χ4v) is 1.54. The Balaban J connectivity index is 2.70. The lowest BCUT2D eigenvalue weighted by atomic mass is 10.1. The highest BCUT2D eigenvalue weighted by molar-refractivity contribution is 5.42. The molecule has 0 aliphatic heterocycles. The average Bonchev–Trinajstić information content (AvgIpc) is 2.41. The molecule has 0 aromatic heterocycles. The molecule has 0 heterocycles. The predicted molar refractivity (Wildman–Crippen MR) is 68.0 cm³/mol. The zero-order chi connectivity index (χ0) is 15.2. The first kappa shape index (κ1) is 16.6. The summed E-state index contributed by atoms with van der Waals surface area (Å²) in [7, 11) is 3.28. The van der Waals surface area contributed by atoms with Crippen molar-refractivity contribution in [3.05, 3.63) is 23.8 Å². The second kappa shape index (κ2) is 7.35. The van der Waals surface area contributed by atoms with E-state index < -0.39 is 19.6 Å². The van der Waals surface area contributed by atoms with Crippen LogP contribution in [0.25, 0.3) is 0 Å². The Morgan fingerprint density at radius 3 is 2.55 bits per heavy atom. The van der Waals surface area contributed by atoms with Crippen LogP contribution in [0.15, 0.2) is 18.2 Å². The molecule has 0 amide bonds. The first-order chi connectivity index (χ1) is 9.37. The van der Waals surface area contributed by atoms with Gasteiger partial charge in [0.05, 0.1) is 7.11 Å². The molecule has 0 saturated heterocycles. The second-order valence-corrected chi connectivity index (χ2v) is 4.14. The van der Waals surface area contributed by atoms with Crippen LogP contribution in [0.5, 0.6) is 11.5 Å². The summed E-state index contributed by atoms with van der Waals surface area (Å²) in [6.07, 6.45) is -4.36. The zero-order valence-electron chi connectivity index (χ0n) is 11.6. The molecule has 0 bridgehead atoms. The molecule has 1 N–H and O–H groups in total. The van der Waals surface area contributed by atoms with Crippen LogP contribution in [-0.4, -0.2) is 33.7 Å². The van der Waals surface area contributed by atoms with Crippen LogP contribution >= 0.6 is 0 Å². The minimum Gasteiger partial charge on any atom is -0.497 e. The minimum absolute atomic E-state index is 0.0153. The molecule has 0 radical (unpaired) electrons. The van der Waals surface area contributed by atoms with Crippen molar-refractivity contribution >= 4 is 0 Å². The van der Waals surface area contributed by atoms with Crippen molar-refractivity contribution in [3.63, 3.8) is 0 Å². The third kappa shape index (κ3) is 5.26. The third-order valence-electron chi connectivity index (χ3n) is 2.68. The second-order valence-electron chi connectivity index (χ2n) is 4.14. The Hall–Kier alpha value is -1.47. The summed E-state index contributed by atoms with van der Waals surface area (Å²) in [6.45, 7) is 0.0925. The summed E-state index contributed by atoms with van der Waals surface area (Å²) in [6, 6.07) is 5.14. The van der Waals surface area contributed by atoms with E-state index in [1.807, 2.05) is 6.92 Å². The van der Waals surface area contributed by atoms with Gasteiger partial charge in [-0.2, -0.15) is 13.2 Å². The van der Waals surface area contributed by atoms with Crippen LogP contribution < -0.4 is 14.8 Å². The molecule has 7 heteroatoms. The molecule has 0 spiro atoms. The van der Waals surface area contributed by atoms with Gasteiger partial charge in [0.15, 0.2) is 6.79 Å². The number of methoxy groups -OCH3 is 1. The molecule has 0 fully saturated rings. The summed E-state index contributed by atoms with van der Waals surface area (Å²) < 4.78 is 50.6. The molecule has 4 nitrogen and oxygen atoms in total. The van der Waals surface area contributed by atoms with Gasteiger partial charge in [-0.15, -0.1) is 0 Å². The molecule has 1 aromatic rings. The first-order valence-corrected chi connectivity index (χ1v) is 6.00. The van der Waals surface area contributed by atoms with E-state index in [0.29, 0.717) is 11.5 Å². The average molecular weight is 293 g/mol. The number of nitrogens with one attached hydrogen (secondary N) is 1. The molecular formula is C13H18F3NO3. The van der Waals surface area contributed by atoms with Gasteiger partial charge in [0.1, 0.15) is 18.1 Å². The summed E-state index contributed by atoms with van der Waals surface area (Å²) in [5.74, 6) is 0.983. The maximum Gasteiger partial charge on any atom is 0.411 e. The minimum atomic E-state index is -4.36. The van der Waals surface area contributed by atoms with Crippen molar-refractivity contribution in [3.8, 4) is 11.5 Å². The first-order valence-electron chi connectivity index (χ1n) is 6.00. The predicted octanol–water partition coefficient (Wildman–Crippen LogP) is 2.89. The molecule has 0 saturated carbocycles. The number of alkyl halides is 3. The molecular weight excluding hydrogens is 275 g/mol. The Kier molecular flexibility index (Phi) is 6.09. The summed E-state index contributed by atoms with van der Waals surface area (Å²) in [5.41, 5.74) is 0.809. The Bertz CT molecular complexity index is 424. The zero-order valence-corrected chi connectivity index (χ0v) is 11.6. The van der Waals surface area contributed by atoms with Gasteiger partial charge in [0, 0.05) is 17.7 Å². The van der Waals surface area contributed by atoms with Crippen molar-refractivity contribution in [1.29, 1.82) is 0 Å². The number of ether oxygens (including phenoxy) is 3. The quantitative estimate of drug-likeness (QED) is 0.620. The standard InChI is InChI=1S/C13H18F3NO3/c1-9(17-2)11-5-4-10(18-3)6-12(11)20-8-19-7-13(14,15)16/h4-6,9,17H,7-8H2,1-3H3. The molecule has 114 valence electrons. The maximum absolute atomic E-state index is 12.0. The lowest BCUT2D eigenvalue weighted by molar-refractivity contribution is -0.186. The van der Waals surface area contributed by atoms with Crippen molar-refractivity contribution in [2.45, 2.75) is 19.1 Å². The Morgan fingerprint density at radius 2 is 2.00 bits per heavy atom. The molecule has 1 rings (SSSR count). The van der Waals surface area contributed by atoms with Crippen LogP contribution in [0.3, 0.4) is 0 Å². The topological polar surface area (TPSA) is 39.7 Å². The monoisotopic (exact) mass is 293 g/mol. The SMILES string of the molecule is CNC(C)c1ccc(OC)cc1OCOCC(F)(F)F. The van der Waals surface area contributed by atoms with E-state index in [1.165, 1.54) is 7.11 Å². The van der Waals surface area contributed by atoms with Crippen molar-refractivity contribution in [2.24, 2.45) is 0 Å². The van der Waals surface area contributed by atoms with E-state index in [-0.39, 0.29) is 6.04 Å². The highest BCUT2D eigenvalue weighted by atomic mass is 19.4. The number of benzene rings is 1. The van der Waals surface area contributed by atoms with Crippen LogP contribution in [-0.2, 0) is 4.74 Å². The number of rotatable bonds is 7. The van der Waals surface area contributed by atoms with Gasteiger partial charge in [-0.25, -0.2) is 0 Å². The number of hydrogen-bond acceptors (Lipinski definition) is 4. The van der Waals surface area contributed by atoms with Gasteiger partial charge in [0.25, 0.3) is 0 Å². The van der Waals surface area contributed by atoms with Crippen LogP contribution in [0.2, 0.25) is 0 Å². The lowest BCUT2D eigenvalue weighted by Gasteiger charge is -2.17. The molecule has 0 aliphatic rings. The molecule has 20 heavy (non-hydrogen) atoms. The molecule has 1 unspecified atom stereocenters. The molecule has 1 aromatic carbocycles. The van der Waals surface area contributed by atoms with E-state index in [4.69, 9.17) is 9.47 Å². The molecule has 0 aliphatic carbocycles. The Morgan fingerprint density at radius 1 is 1.30 bits per heavy atom. The van der Waals surface area contributed by atoms with Crippen LogP contribution in [0.1, 0.15) is 18.5 Å². The van der Waals surface area contributed by atoms with E-state index in [9.17, 15) is 13.2 Å². The fourth-order valence-electron chi connectivity index (χ4n) is 1.54. The summed E-state index contributed by atoms with van der Waals surface area (Å²) in [4.78, 5) is 0. The number of halogens is 3. The van der Waals surface area contributed by atoms with Crippen molar-refractivity contribution in [1.82, 2.24) is 5.32 Å². The Labute approximate surface area is 115 Å². The van der Waals surface area contributed by atoms with Crippen LogP contribution in [0, 0.1) is 0 Å². The van der Waals surface area contributed by atoms with Crippen LogP contribution in [0.4, 0.5) is 13.2 Å². The van der Waals surface area contributed by atoms with Crippen molar-refractivity contribution < 1.29 is 27.4 Å².